The van der Waals surface area contributed by atoms with Crippen LogP contribution in [0.5, 0.6) is 0 Å². The van der Waals surface area contributed by atoms with Gasteiger partial charge in [0, 0.05) is 12.1 Å². The van der Waals surface area contributed by atoms with Crippen LogP contribution in [0.25, 0.3) is 0 Å². The Kier molecular flexibility index (Phi) is 3.06. The van der Waals surface area contributed by atoms with Gasteiger partial charge in [-0.3, -0.25) is 14.6 Å². The molecular weight excluding hydrogens is 251 g/mol. The molecule has 0 saturated carbocycles. The average Bonchev–Trinajstić information content (AvgIpc) is 2.27. The van der Waals surface area contributed by atoms with Gasteiger partial charge >= 0.3 is 18.1 Å². The summed E-state index contributed by atoms with van der Waals surface area (Å²) in [6.07, 6.45) is -3.52. The lowest BCUT2D eigenvalue weighted by Gasteiger charge is -2.19. The molecule has 0 unspecified atom stereocenters. The molecule has 0 spiro atoms. The zero-order valence-electron chi connectivity index (χ0n) is 9.03. The van der Waals surface area contributed by atoms with Crippen molar-refractivity contribution in [3.05, 3.63) is 29.6 Å². The number of carbonyl (C=O) groups is 2. The number of aromatic nitrogens is 1. The number of alkyl halides is 3. The van der Waals surface area contributed by atoms with Gasteiger partial charge in [0.05, 0.1) is 12.8 Å². The maximum atomic E-state index is 12.3. The Morgan fingerprint density at radius 1 is 1.17 bits per heavy atom. The van der Waals surface area contributed by atoms with Crippen LogP contribution in [0.4, 0.5) is 13.2 Å². The number of carbonyl (C=O) groups excluding carboxylic acids is 2. The maximum absolute atomic E-state index is 12.3. The third-order valence-electron chi connectivity index (χ3n) is 2.60. The summed E-state index contributed by atoms with van der Waals surface area (Å²) < 4.78 is 41.2. The van der Waals surface area contributed by atoms with Crippen LogP contribution in [0.15, 0.2) is 18.3 Å². The first-order valence-corrected chi connectivity index (χ1v) is 5.13. The minimum atomic E-state index is -4.50. The summed E-state index contributed by atoms with van der Waals surface area (Å²) in [4.78, 5) is 25.4. The van der Waals surface area contributed by atoms with Gasteiger partial charge < -0.3 is 4.74 Å². The van der Waals surface area contributed by atoms with E-state index in [1.54, 1.807) is 0 Å². The van der Waals surface area contributed by atoms with E-state index >= 15 is 0 Å². The Morgan fingerprint density at radius 2 is 1.78 bits per heavy atom. The SMILES string of the molecule is O=C1CC(c2ccc(C(F)(F)F)nc2)CC(=O)O1. The molecule has 0 atom stereocenters. The fourth-order valence-electron chi connectivity index (χ4n) is 1.74. The lowest BCUT2D eigenvalue weighted by atomic mass is 9.92. The first-order chi connectivity index (χ1) is 8.36. The number of nitrogens with zero attached hydrogens (tertiary/aromatic N) is 1. The Balaban J connectivity index is 2.19. The van der Waals surface area contributed by atoms with E-state index in [0.29, 0.717) is 5.56 Å². The summed E-state index contributed by atoms with van der Waals surface area (Å²) in [6, 6.07) is 2.06. The summed E-state index contributed by atoms with van der Waals surface area (Å²) in [6.45, 7) is 0. The van der Waals surface area contributed by atoms with E-state index in [1.165, 1.54) is 6.07 Å². The van der Waals surface area contributed by atoms with Crippen LogP contribution >= 0.6 is 0 Å². The topological polar surface area (TPSA) is 56.3 Å². The van der Waals surface area contributed by atoms with Crippen molar-refractivity contribution in [2.24, 2.45) is 0 Å². The molecule has 1 fully saturated rings. The van der Waals surface area contributed by atoms with Crippen LogP contribution in [-0.2, 0) is 20.5 Å². The molecule has 0 aliphatic carbocycles. The van der Waals surface area contributed by atoms with E-state index in [1.807, 2.05) is 0 Å². The smallest absolute Gasteiger partial charge is 0.393 e. The fraction of sp³-hybridized carbons (Fsp3) is 0.364. The van der Waals surface area contributed by atoms with Crippen molar-refractivity contribution in [3.8, 4) is 0 Å². The largest absolute Gasteiger partial charge is 0.433 e. The van der Waals surface area contributed by atoms with Crippen LogP contribution in [0.3, 0.4) is 0 Å². The van der Waals surface area contributed by atoms with Crippen LogP contribution < -0.4 is 0 Å². The summed E-state index contributed by atoms with van der Waals surface area (Å²) in [5, 5.41) is 0. The molecule has 18 heavy (non-hydrogen) atoms. The van der Waals surface area contributed by atoms with Crippen LogP contribution in [0, 0.1) is 0 Å². The highest BCUT2D eigenvalue weighted by atomic mass is 19.4. The third kappa shape index (κ3) is 2.66. The molecule has 1 saturated heterocycles. The van der Waals surface area contributed by atoms with Gasteiger partial charge in [-0.15, -0.1) is 0 Å². The highest BCUT2D eigenvalue weighted by Crippen LogP contribution is 2.31. The molecule has 96 valence electrons. The quantitative estimate of drug-likeness (QED) is 0.572. The molecular formula is C11H8F3NO3. The number of halogens is 3. The second-order valence-electron chi connectivity index (χ2n) is 3.93. The average molecular weight is 259 g/mol. The van der Waals surface area contributed by atoms with E-state index in [4.69, 9.17) is 0 Å². The molecule has 1 aliphatic rings. The van der Waals surface area contributed by atoms with Crippen molar-refractivity contribution in [2.75, 3.05) is 0 Å². The highest BCUT2D eigenvalue weighted by molar-refractivity contribution is 5.89. The Labute approximate surface area is 99.8 Å². The summed E-state index contributed by atoms with van der Waals surface area (Å²) in [7, 11) is 0. The van der Waals surface area contributed by atoms with E-state index < -0.39 is 29.7 Å². The zero-order valence-corrected chi connectivity index (χ0v) is 9.03. The van der Waals surface area contributed by atoms with Crippen molar-refractivity contribution in [3.63, 3.8) is 0 Å². The standard InChI is InChI=1S/C11H8F3NO3/c12-11(13,14)8-2-1-6(5-15-8)7-3-9(16)18-10(17)4-7/h1-2,5,7H,3-4H2. The molecule has 1 aromatic rings. The van der Waals surface area contributed by atoms with Crippen molar-refractivity contribution in [1.29, 1.82) is 0 Å². The molecule has 1 aliphatic heterocycles. The third-order valence-corrected chi connectivity index (χ3v) is 2.60. The predicted molar refractivity (Wildman–Crippen MR) is 52.3 cm³/mol. The van der Waals surface area contributed by atoms with Gasteiger partial charge in [-0.05, 0) is 11.6 Å². The van der Waals surface area contributed by atoms with Crippen molar-refractivity contribution in [1.82, 2.24) is 4.98 Å². The zero-order chi connectivity index (χ0) is 13.3. The molecule has 0 N–H and O–H groups in total. The number of pyridine rings is 1. The summed E-state index contributed by atoms with van der Waals surface area (Å²) >= 11 is 0. The highest BCUT2D eigenvalue weighted by Gasteiger charge is 2.33. The van der Waals surface area contributed by atoms with Crippen LogP contribution in [0.2, 0.25) is 0 Å². The Bertz CT molecular complexity index is 465. The van der Waals surface area contributed by atoms with Crippen LogP contribution in [0.1, 0.15) is 30.0 Å². The normalized spacial score (nSPS) is 17.7. The first-order valence-electron chi connectivity index (χ1n) is 5.13. The van der Waals surface area contributed by atoms with Gasteiger partial charge in [-0.2, -0.15) is 13.2 Å². The van der Waals surface area contributed by atoms with E-state index in [-0.39, 0.29) is 12.8 Å². The lowest BCUT2D eigenvalue weighted by molar-refractivity contribution is -0.164. The first kappa shape index (κ1) is 12.5. The second-order valence-corrected chi connectivity index (χ2v) is 3.93. The van der Waals surface area contributed by atoms with Gasteiger partial charge in [0.2, 0.25) is 0 Å². The van der Waals surface area contributed by atoms with Crippen molar-refractivity contribution < 1.29 is 27.5 Å². The summed E-state index contributed by atoms with van der Waals surface area (Å²) in [5.41, 5.74) is -0.580. The maximum Gasteiger partial charge on any atom is 0.433 e. The molecule has 0 radical (unpaired) electrons. The number of hydrogen-bond acceptors (Lipinski definition) is 4. The van der Waals surface area contributed by atoms with Gasteiger partial charge in [-0.1, -0.05) is 6.07 Å². The number of cyclic esters (lactones) is 2. The lowest BCUT2D eigenvalue weighted by Crippen LogP contribution is -2.24. The molecule has 2 rings (SSSR count). The Morgan fingerprint density at radius 3 is 2.22 bits per heavy atom. The fourth-order valence-corrected chi connectivity index (χ4v) is 1.74. The van der Waals surface area contributed by atoms with Gasteiger partial charge in [0.15, 0.2) is 0 Å². The summed E-state index contributed by atoms with van der Waals surface area (Å²) in [5.74, 6) is -1.80. The molecule has 4 nitrogen and oxygen atoms in total. The van der Waals surface area contributed by atoms with Crippen LogP contribution in [-0.4, -0.2) is 16.9 Å². The number of esters is 2. The molecule has 1 aromatic heterocycles. The monoisotopic (exact) mass is 259 g/mol. The molecule has 0 aromatic carbocycles. The molecule has 0 bridgehead atoms. The Hall–Kier alpha value is -1.92. The van der Waals surface area contributed by atoms with E-state index in [0.717, 1.165) is 12.3 Å². The van der Waals surface area contributed by atoms with Gasteiger partial charge in [0.1, 0.15) is 5.69 Å². The number of hydrogen-bond donors (Lipinski definition) is 0. The predicted octanol–water partition coefficient (Wildman–Crippen LogP) is 2.05. The molecule has 7 heteroatoms. The van der Waals surface area contributed by atoms with E-state index in [9.17, 15) is 22.8 Å². The molecule has 0 amide bonds. The van der Waals surface area contributed by atoms with Gasteiger partial charge in [-0.25, -0.2) is 0 Å². The minimum absolute atomic E-state index is 0.0290. The second kappa shape index (κ2) is 4.40. The van der Waals surface area contributed by atoms with Gasteiger partial charge in [0.25, 0.3) is 0 Å². The number of rotatable bonds is 1. The van der Waals surface area contributed by atoms with Crippen molar-refractivity contribution >= 4 is 11.9 Å². The van der Waals surface area contributed by atoms with E-state index in [2.05, 4.69) is 9.72 Å². The van der Waals surface area contributed by atoms with Crippen molar-refractivity contribution in [2.45, 2.75) is 24.9 Å². The number of ether oxygens (including phenoxy) is 1. The minimum Gasteiger partial charge on any atom is -0.393 e. The molecule has 2 heterocycles.